The van der Waals surface area contributed by atoms with Gasteiger partial charge in [0.15, 0.2) is 0 Å². The van der Waals surface area contributed by atoms with Crippen LogP contribution in [0.2, 0.25) is 0 Å². The molecule has 0 radical (unpaired) electrons. The van der Waals surface area contributed by atoms with Crippen LogP contribution >= 0.6 is 0 Å². The summed E-state index contributed by atoms with van der Waals surface area (Å²) in [5, 5.41) is 2.92. The molecule has 1 aromatic rings. The van der Waals surface area contributed by atoms with E-state index >= 15 is 0 Å². The normalized spacial score (nSPS) is 29.2. The molecule has 2 unspecified atom stereocenters. The van der Waals surface area contributed by atoms with E-state index in [4.69, 9.17) is 0 Å². The number of carbonyl (C=O) groups is 2. The predicted molar refractivity (Wildman–Crippen MR) is 80.4 cm³/mol. The lowest BCUT2D eigenvalue weighted by atomic mass is 9.86. The molecule has 0 bridgehead atoms. The van der Waals surface area contributed by atoms with Crippen LogP contribution in [0.3, 0.4) is 0 Å². The summed E-state index contributed by atoms with van der Waals surface area (Å²) in [6.07, 6.45) is 3.70. The maximum absolute atomic E-state index is 12.9. The Balaban J connectivity index is 1.97. The van der Waals surface area contributed by atoms with Crippen molar-refractivity contribution >= 4 is 11.8 Å². The number of piperazine rings is 1. The van der Waals surface area contributed by atoms with E-state index in [9.17, 15) is 9.59 Å². The molecule has 1 aliphatic heterocycles. The molecule has 1 aromatic carbocycles. The lowest BCUT2D eigenvalue weighted by molar-refractivity contribution is -0.157. The average molecular weight is 284 g/mol. The molecule has 4 heteroatoms. The van der Waals surface area contributed by atoms with Crippen LogP contribution in [0.15, 0.2) is 43.0 Å². The van der Waals surface area contributed by atoms with Crippen molar-refractivity contribution in [2.75, 3.05) is 6.54 Å². The van der Waals surface area contributed by atoms with E-state index in [1.807, 2.05) is 37.3 Å². The molecule has 0 spiro atoms. The maximum atomic E-state index is 12.9. The van der Waals surface area contributed by atoms with Gasteiger partial charge in [-0.3, -0.25) is 9.59 Å². The molecule has 4 nitrogen and oxygen atoms in total. The van der Waals surface area contributed by atoms with Crippen LogP contribution < -0.4 is 5.32 Å². The number of nitrogens with one attached hydrogen (secondary N) is 1. The summed E-state index contributed by atoms with van der Waals surface area (Å²) in [5.74, 6) is 0.161. The Hall–Kier alpha value is -2.10. The van der Waals surface area contributed by atoms with Gasteiger partial charge in [0, 0.05) is 6.54 Å². The number of hydrogen-bond acceptors (Lipinski definition) is 2. The molecular weight excluding hydrogens is 264 g/mol. The Bertz CT molecular complexity index is 580. The first-order valence-corrected chi connectivity index (χ1v) is 7.37. The summed E-state index contributed by atoms with van der Waals surface area (Å²) in [6.45, 7) is 6.01. The van der Waals surface area contributed by atoms with Crippen molar-refractivity contribution in [1.82, 2.24) is 10.2 Å². The Kier molecular flexibility index (Phi) is 3.32. The van der Waals surface area contributed by atoms with Gasteiger partial charge in [-0.05, 0) is 31.2 Å². The minimum atomic E-state index is -0.740. The Morgan fingerprint density at radius 1 is 1.33 bits per heavy atom. The monoisotopic (exact) mass is 284 g/mol. The number of nitrogens with zero attached hydrogens (tertiary/aromatic N) is 1. The van der Waals surface area contributed by atoms with E-state index in [-0.39, 0.29) is 17.7 Å². The van der Waals surface area contributed by atoms with Crippen LogP contribution in [-0.2, 0) is 9.59 Å². The zero-order chi connectivity index (χ0) is 15.0. The molecule has 21 heavy (non-hydrogen) atoms. The van der Waals surface area contributed by atoms with E-state index in [0.717, 1.165) is 18.4 Å². The summed E-state index contributed by atoms with van der Waals surface area (Å²) < 4.78 is 0. The molecule has 1 heterocycles. The second-order valence-electron chi connectivity index (χ2n) is 5.98. The Morgan fingerprint density at radius 2 is 2.00 bits per heavy atom. The van der Waals surface area contributed by atoms with Crippen LogP contribution in [0.4, 0.5) is 0 Å². The third-order valence-electron chi connectivity index (χ3n) is 4.63. The standard InChI is InChI=1S/C17H20N2O2/c1-3-11-19-15(20)14(12-7-5-4-6-8-12)18-16(21)17(19,2)13-9-10-13/h3-8,13-14H,1,9-11H2,2H3,(H,18,21). The maximum Gasteiger partial charge on any atom is 0.250 e. The predicted octanol–water partition coefficient (Wildman–Crippen LogP) is 2.04. The minimum Gasteiger partial charge on any atom is -0.338 e. The van der Waals surface area contributed by atoms with Gasteiger partial charge in [-0.25, -0.2) is 0 Å². The molecule has 1 saturated heterocycles. The third-order valence-corrected chi connectivity index (χ3v) is 4.63. The van der Waals surface area contributed by atoms with Crippen LogP contribution in [0.1, 0.15) is 31.4 Å². The van der Waals surface area contributed by atoms with E-state index in [1.54, 1.807) is 11.0 Å². The molecule has 2 fully saturated rings. The van der Waals surface area contributed by atoms with Crippen LogP contribution in [0, 0.1) is 5.92 Å². The summed E-state index contributed by atoms with van der Waals surface area (Å²) in [6, 6.07) is 8.80. The average Bonchev–Trinajstić information content (AvgIpc) is 3.33. The highest BCUT2D eigenvalue weighted by Crippen LogP contribution is 2.45. The number of rotatable bonds is 4. The van der Waals surface area contributed by atoms with Crippen molar-refractivity contribution in [3.63, 3.8) is 0 Å². The quantitative estimate of drug-likeness (QED) is 0.860. The summed E-state index contributed by atoms with van der Waals surface area (Å²) in [7, 11) is 0. The number of amides is 2. The minimum absolute atomic E-state index is 0.0462. The molecule has 2 atom stereocenters. The van der Waals surface area contributed by atoms with Crippen LogP contribution in [0.25, 0.3) is 0 Å². The van der Waals surface area contributed by atoms with Gasteiger partial charge in [0.05, 0.1) is 0 Å². The van der Waals surface area contributed by atoms with Gasteiger partial charge in [-0.15, -0.1) is 6.58 Å². The zero-order valence-electron chi connectivity index (χ0n) is 12.2. The molecule has 0 aromatic heterocycles. The van der Waals surface area contributed by atoms with Crippen molar-refractivity contribution in [3.8, 4) is 0 Å². The molecular formula is C17H20N2O2. The summed E-state index contributed by atoms with van der Waals surface area (Å²) >= 11 is 0. The SMILES string of the molecule is C=CCN1C(=O)C(c2ccccc2)NC(=O)C1(C)C1CC1. The highest BCUT2D eigenvalue weighted by molar-refractivity contribution is 6.00. The van der Waals surface area contributed by atoms with Gasteiger partial charge in [0.1, 0.15) is 11.6 Å². The van der Waals surface area contributed by atoms with Crippen molar-refractivity contribution in [2.45, 2.75) is 31.3 Å². The lowest BCUT2D eigenvalue weighted by Crippen LogP contribution is -2.67. The lowest BCUT2D eigenvalue weighted by Gasteiger charge is -2.46. The second-order valence-corrected chi connectivity index (χ2v) is 5.98. The second kappa shape index (κ2) is 5.02. The van der Waals surface area contributed by atoms with Crippen molar-refractivity contribution < 1.29 is 9.59 Å². The summed E-state index contributed by atoms with van der Waals surface area (Å²) in [4.78, 5) is 27.2. The molecule has 2 aliphatic rings. The van der Waals surface area contributed by atoms with Crippen molar-refractivity contribution in [1.29, 1.82) is 0 Å². The first kappa shape index (κ1) is 13.9. The first-order chi connectivity index (χ1) is 10.1. The number of carbonyl (C=O) groups excluding carboxylic acids is 2. The first-order valence-electron chi connectivity index (χ1n) is 7.37. The van der Waals surface area contributed by atoms with Gasteiger partial charge >= 0.3 is 0 Å². The van der Waals surface area contributed by atoms with Gasteiger partial charge < -0.3 is 10.2 Å². The number of hydrogen-bond donors (Lipinski definition) is 1. The van der Waals surface area contributed by atoms with E-state index in [2.05, 4.69) is 11.9 Å². The third kappa shape index (κ3) is 2.15. The van der Waals surface area contributed by atoms with Gasteiger partial charge in [0.2, 0.25) is 5.91 Å². The fourth-order valence-corrected chi connectivity index (χ4v) is 3.18. The molecule has 1 aliphatic carbocycles. The van der Waals surface area contributed by atoms with E-state index in [0.29, 0.717) is 6.54 Å². The van der Waals surface area contributed by atoms with Gasteiger partial charge in [-0.2, -0.15) is 0 Å². The van der Waals surface area contributed by atoms with Gasteiger partial charge in [-0.1, -0.05) is 36.4 Å². The fraction of sp³-hybridized carbons (Fsp3) is 0.412. The molecule has 1 N–H and O–H groups in total. The molecule has 110 valence electrons. The highest BCUT2D eigenvalue weighted by Gasteiger charge is 2.56. The Labute approximate surface area is 124 Å². The molecule has 2 amide bonds. The largest absolute Gasteiger partial charge is 0.338 e. The molecule has 1 saturated carbocycles. The van der Waals surface area contributed by atoms with E-state index < -0.39 is 11.6 Å². The topological polar surface area (TPSA) is 49.4 Å². The van der Waals surface area contributed by atoms with E-state index in [1.165, 1.54) is 0 Å². The molecule has 3 rings (SSSR count). The van der Waals surface area contributed by atoms with Crippen molar-refractivity contribution in [3.05, 3.63) is 48.6 Å². The zero-order valence-corrected chi connectivity index (χ0v) is 12.2. The van der Waals surface area contributed by atoms with Crippen LogP contribution in [0.5, 0.6) is 0 Å². The smallest absolute Gasteiger partial charge is 0.250 e. The summed E-state index contributed by atoms with van der Waals surface area (Å²) in [5.41, 5.74) is 0.0825. The van der Waals surface area contributed by atoms with Crippen molar-refractivity contribution in [2.24, 2.45) is 5.92 Å². The fourth-order valence-electron chi connectivity index (χ4n) is 3.18. The number of benzene rings is 1. The highest BCUT2D eigenvalue weighted by atomic mass is 16.2. The Morgan fingerprint density at radius 3 is 2.57 bits per heavy atom. The van der Waals surface area contributed by atoms with Crippen LogP contribution in [-0.4, -0.2) is 28.8 Å². The van der Waals surface area contributed by atoms with Gasteiger partial charge in [0.25, 0.3) is 5.91 Å².